The van der Waals surface area contributed by atoms with Gasteiger partial charge in [-0.2, -0.15) is 26.3 Å². The zero-order chi connectivity index (χ0) is 10.2. The molecular weight excluding hydrogens is 261 g/mol. The highest BCUT2D eigenvalue weighted by atomic mass is 79.9. The van der Waals surface area contributed by atoms with Gasteiger partial charge >= 0.3 is 11.0 Å². The van der Waals surface area contributed by atoms with Gasteiger partial charge in [-0.1, -0.05) is 0 Å². The van der Waals surface area contributed by atoms with Gasteiger partial charge in [0.15, 0.2) is 0 Å². The molecule has 0 aromatic heterocycles. The van der Waals surface area contributed by atoms with E-state index in [-0.39, 0.29) is 0 Å². The van der Waals surface area contributed by atoms with Crippen LogP contribution < -0.4 is 0 Å². The van der Waals surface area contributed by atoms with Crippen LogP contribution in [-0.4, -0.2) is 11.0 Å². The number of rotatable bonds is 1. The lowest BCUT2D eigenvalue weighted by Crippen LogP contribution is -2.16. The Balaban J connectivity index is 4.96. The van der Waals surface area contributed by atoms with E-state index in [0.717, 1.165) is 0 Å². The summed E-state index contributed by atoms with van der Waals surface area (Å²) in [4.78, 5) is -4.63. The minimum Gasteiger partial charge on any atom is -0.201 e. The van der Waals surface area contributed by atoms with E-state index < -0.39 is 22.7 Å². The highest BCUT2D eigenvalue weighted by molar-refractivity contribution is 9.10. The van der Waals surface area contributed by atoms with Crippen LogP contribution in [0, 0.1) is 0 Å². The van der Waals surface area contributed by atoms with E-state index in [4.69, 9.17) is 0 Å². The van der Waals surface area contributed by atoms with Crippen molar-refractivity contribution in [2.75, 3.05) is 0 Å². The molecule has 12 heavy (non-hydrogen) atoms. The Morgan fingerprint density at radius 3 is 1.25 bits per heavy atom. The predicted molar refractivity (Wildman–Crippen MR) is 29.2 cm³/mol. The fourth-order valence-corrected chi connectivity index (χ4v) is 0.423. The van der Waals surface area contributed by atoms with E-state index in [0.29, 0.717) is 0 Å². The van der Waals surface area contributed by atoms with Crippen LogP contribution in [0.3, 0.4) is 0 Å². The molecule has 0 amide bonds. The Morgan fingerprint density at radius 2 is 1.17 bits per heavy atom. The molecule has 0 rings (SSSR count). The fraction of sp³-hybridized carbons (Fsp3) is 0.500. The summed E-state index contributed by atoms with van der Waals surface area (Å²) in [6.07, 6.45) is -5.73. The van der Waals surface area contributed by atoms with Crippen LogP contribution in [0.2, 0.25) is 0 Å². The van der Waals surface area contributed by atoms with Crippen molar-refractivity contribution in [3.8, 4) is 0 Å². The SMILES string of the molecule is FC(=C(F)C(F)(F)Br)C(F)(F)F. The molecule has 0 atom stereocenters. The first-order chi connectivity index (χ1) is 5.07. The van der Waals surface area contributed by atoms with E-state index in [2.05, 4.69) is 0 Å². The van der Waals surface area contributed by atoms with Gasteiger partial charge in [0.05, 0.1) is 0 Å². The van der Waals surface area contributed by atoms with Crippen molar-refractivity contribution in [3.05, 3.63) is 11.7 Å². The fourth-order valence-electron chi connectivity index (χ4n) is 0.249. The second kappa shape index (κ2) is 3.23. The number of halogens is 8. The molecule has 0 heterocycles. The molecule has 72 valence electrons. The summed E-state index contributed by atoms with van der Waals surface area (Å²) >= 11 is 1.23. The van der Waals surface area contributed by atoms with Gasteiger partial charge in [-0.15, -0.1) is 0 Å². The summed E-state index contributed by atoms with van der Waals surface area (Å²) in [7, 11) is 0. The lowest BCUT2D eigenvalue weighted by atomic mass is 10.4. The van der Waals surface area contributed by atoms with Gasteiger partial charge in [-0.3, -0.25) is 0 Å². The van der Waals surface area contributed by atoms with Crippen molar-refractivity contribution in [2.45, 2.75) is 11.0 Å². The van der Waals surface area contributed by atoms with Gasteiger partial charge in [-0.25, -0.2) is 4.39 Å². The molecule has 0 spiro atoms. The molecule has 0 radical (unpaired) electrons. The molecule has 0 unspecified atom stereocenters. The molecule has 0 aliphatic rings. The summed E-state index contributed by atoms with van der Waals surface area (Å²) in [6, 6.07) is 0. The zero-order valence-electron chi connectivity index (χ0n) is 5.02. The van der Waals surface area contributed by atoms with Crippen LogP contribution in [-0.2, 0) is 0 Å². The Kier molecular flexibility index (Phi) is 3.16. The molecule has 0 fully saturated rings. The van der Waals surface area contributed by atoms with Crippen molar-refractivity contribution in [2.24, 2.45) is 0 Å². The van der Waals surface area contributed by atoms with E-state index in [1.165, 1.54) is 15.9 Å². The maximum Gasteiger partial charge on any atom is 0.445 e. The molecule has 0 aromatic carbocycles. The van der Waals surface area contributed by atoms with E-state index in [1.54, 1.807) is 0 Å². The molecular formula is C4BrF7. The average molecular weight is 261 g/mol. The maximum absolute atomic E-state index is 11.8. The van der Waals surface area contributed by atoms with Crippen LogP contribution in [0.5, 0.6) is 0 Å². The standard InChI is InChI=1S/C4BrF7/c5-3(8,9)1(6)2(7)4(10,11)12. The van der Waals surface area contributed by atoms with E-state index in [1.807, 2.05) is 0 Å². The van der Waals surface area contributed by atoms with Crippen LogP contribution in [0.15, 0.2) is 11.7 Å². The topological polar surface area (TPSA) is 0 Å². The predicted octanol–water partition coefficient (Wildman–Crippen LogP) is 3.69. The number of hydrogen-bond donors (Lipinski definition) is 0. The summed E-state index contributed by atoms with van der Waals surface area (Å²) in [5.41, 5.74) is 0. The number of hydrogen-bond acceptors (Lipinski definition) is 0. The summed E-state index contributed by atoms with van der Waals surface area (Å²) in [6.45, 7) is 0. The van der Waals surface area contributed by atoms with Crippen molar-refractivity contribution >= 4 is 15.9 Å². The van der Waals surface area contributed by atoms with Crippen LogP contribution in [0.1, 0.15) is 0 Å². The third-order valence-corrected chi connectivity index (χ3v) is 1.04. The largest absolute Gasteiger partial charge is 0.445 e. The van der Waals surface area contributed by atoms with Crippen LogP contribution in [0.4, 0.5) is 30.7 Å². The molecule has 0 bridgehead atoms. The summed E-state index contributed by atoms with van der Waals surface area (Å²) < 4.78 is 80.3. The van der Waals surface area contributed by atoms with Gasteiger partial charge in [0.2, 0.25) is 11.7 Å². The van der Waals surface area contributed by atoms with E-state index >= 15 is 0 Å². The molecule has 0 aliphatic carbocycles. The highest BCUT2D eigenvalue weighted by Crippen LogP contribution is 2.39. The smallest absolute Gasteiger partial charge is 0.201 e. The Labute approximate surface area is 70.2 Å². The molecule has 0 aliphatic heterocycles. The summed E-state index contributed by atoms with van der Waals surface area (Å²) in [5.74, 6) is -6.63. The second-order valence-electron chi connectivity index (χ2n) is 1.62. The third-order valence-electron chi connectivity index (χ3n) is 0.690. The van der Waals surface area contributed by atoms with Gasteiger partial charge in [-0.05, 0) is 15.9 Å². The average Bonchev–Trinajstić information content (AvgIpc) is 1.80. The first-order valence-electron chi connectivity index (χ1n) is 2.26. The first kappa shape index (κ1) is 11.7. The van der Waals surface area contributed by atoms with E-state index in [9.17, 15) is 30.7 Å². The van der Waals surface area contributed by atoms with Crippen LogP contribution in [0.25, 0.3) is 0 Å². The molecule has 0 saturated carbocycles. The lowest BCUT2D eigenvalue weighted by Gasteiger charge is -2.08. The normalized spacial score (nSPS) is 16.0. The first-order valence-corrected chi connectivity index (χ1v) is 3.05. The molecule has 0 nitrogen and oxygen atoms in total. The van der Waals surface area contributed by atoms with Gasteiger partial charge < -0.3 is 0 Å². The minimum absolute atomic E-state index is 1.23. The minimum atomic E-state index is -5.73. The number of alkyl halides is 6. The van der Waals surface area contributed by atoms with Gasteiger partial charge in [0.25, 0.3) is 0 Å². The van der Waals surface area contributed by atoms with Gasteiger partial charge in [0.1, 0.15) is 0 Å². The Morgan fingerprint density at radius 1 is 0.833 bits per heavy atom. The Bertz CT molecular complexity index is 174. The zero-order valence-corrected chi connectivity index (χ0v) is 6.61. The van der Waals surface area contributed by atoms with Crippen molar-refractivity contribution < 1.29 is 30.7 Å². The summed E-state index contributed by atoms with van der Waals surface area (Å²) in [5, 5.41) is 0. The molecule has 0 saturated heterocycles. The molecule has 0 N–H and O–H groups in total. The molecule has 0 aromatic rings. The Hall–Kier alpha value is -0.270. The second-order valence-corrected chi connectivity index (χ2v) is 2.62. The maximum atomic E-state index is 11.8. The number of allylic oxidation sites excluding steroid dienone is 2. The van der Waals surface area contributed by atoms with Gasteiger partial charge in [0, 0.05) is 0 Å². The lowest BCUT2D eigenvalue weighted by molar-refractivity contribution is -0.113. The molecule has 8 heteroatoms. The van der Waals surface area contributed by atoms with Crippen molar-refractivity contribution in [1.82, 2.24) is 0 Å². The monoisotopic (exact) mass is 260 g/mol. The van der Waals surface area contributed by atoms with Crippen molar-refractivity contribution in [1.29, 1.82) is 0 Å². The third kappa shape index (κ3) is 3.00. The highest BCUT2D eigenvalue weighted by Gasteiger charge is 2.45. The quantitative estimate of drug-likeness (QED) is 0.498. The van der Waals surface area contributed by atoms with Crippen molar-refractivity contribution in [3.63, 3.8) is 0 Å². The van der Waals surface area contributed by atoms with Crippen LogP contribution >= 0.6 is 15.9 Å².